The first-order chi connectivity index (χ1) is 7.31. The summed E-state index contributed by atoms with van der Waals surface area (Å²) >= 11 is 0. The Morgan fingerprint density at radius 2 is 2.33 bits per heavy atom. The summed E-state index contributed by atoms with van der Waals surface area (Å²) in [5.41, 5.74) is 3.37. The Morgan fingerprint density at radius 3 is 3.13 bits per heavy atom. The lowest BCUT2D eigenvalue weighted by Gasteiger charge is -2.03. The summed E-state index contributed by atoms with van der Waals surface area (Å²) < 4.78 is 0. The molecule has 0 unspecified atom stereocenters. The van der Waals surface area contributed by atoms with Gasteiger partial charge in [0.25, 0.3) is 0 Å². The number of ketones is 1. The van der Waals surface area contributed by atoms with Crippen molar-refractivity contribution in [3.63, 3.8) is 0 Å². The van der Waals surface area contributed by atoms with Gasteiger partial charge in [-0.25, -0.2) is 0 Å². The Balaban J connectivity index is 2.12. The van der Waals surface area contributed by atoms with Crippen LogP contribution in [-0.4, -0.2) is 12.3 Å². The predicted octanol–water partition coefficient (Wildman–Crippen LogP) is 3.03. The van der Waals surface area contributed by atoms with E-state index < -0.39 is 0 Å². The summed E-state index contributed by atoms with van der Waals surface area (Å²) in [5, 5.41) is 3.30. The number of carbonyl (C=O) groups is 1. The van der Waals surface area contributed by atoms with Crippen molar-refractivity contribution in [1.29, 1.82) is 0 Å². The van der Waals surface area contributed by atoms with E-state index in [0.717, 1.165) is 31.4 Å². The van der Waals surface area contributed by atoms with E-state index in [1.54, 1.807) is 0 Å². The number of hydrogen-bond acceptors (Lipinski definition) is 2. The van der Waals surface area contributed by atoms with Crippen LogP contribution in [0.3, 0.4) is 0 Å². The summed E-state index contributed by atoms with van der Waals surface area (Å²) in [7, 11) is 0. The number of fused-ring (bicyclic) bond motifs is 1. The molecule has 0 radical (unpaired) electrons. The topological polar surface area (TPSA) is 29.1 Å². The first-order valence-corrected chi connectivity index (χ1v) is 5.71. The minimum Gasteiger partial charge on any atom is -0.384 e. The van der Waals surface area contributed by atoms with Crippen LogP contribution in [0.5, 0.6) is 0 Å². The van der Waals surface area contributed by atoms with Gasteiger partial charge in [0.2, 0.25) is 0 Å². The molecule has 0 aliphatic carbocycles. The smallest absolute Gasteiger partial charge is 0.162 e. The van der Waals surface area contributed by atoms with E-state index in [-0.39, 0.29) is 5.78 Å². The van der Waals surface area contributed by atoms with Crippen molar-refractivity contribution >= 4 is 11.5 Å². The summed E-state index contributed by atoms with van der Waals surface area (Å²) in [4.78, 5) is 11.8. The molecule has 0 amide bonds. The Morgan fingerprint density at radius 1 is 1.47 bits per heavy atom. The minimum absolute atomic E-state index is 0.284. The zero-order chi connectivity index (χ0) is 10.7. The lowest BCUT2D eigenvalue weighted by Crippen LogP contribution is -1.99. The molecule has 1 heterocycles. The molecule has 0 fully saturated rings. The number of carbonyl (C=O) groups excluding carboxylic acids is 1. The molecule has 0 bridgehead atoms. The van der Waals surface area contributed by atoms with Gasteiger partial charge >= 0.3 is 0 Å². The lowest BCUT2D eigenvalue weighted by molar-refractivity contribution is 0.0979. The molecular formula is C13H17NO. The predicted molar refractivity (Wildman–Crippen MR) is 62.5 cm³/mol. The van der Waals surface area contributed by atoms with Crippen LogP contribution >= 0.6 is 0 Å². The summed E-state index contributed by atoms with van der Waals surface area (Å²) in [6.07, 6.45) is 3.80. The van der Waals surface area contributed by atoms with Crippen LogP contribution in [0, 0.1) is 0 Å². The number of benzene rings is 1. The normalized spacial score (nSPS) is 13.4. The highest BCUT2D eigenvalue weighted by Crippen LogP contribution is 2.23. The number of Topliss-reactive ketones (excluding diaryl/α,β-unsaturated/α-hetero) is 1. The van der Waals surface area contributed by atoms with Crippen LogP contribution in [-0.2, 0) is 6.42 Å². The SMILES string of the molecule is CCCCC(=O)c1ccc2c(c1)CCN2. The second-order valence-electron chi connectivity index (χ2n) is 4.08. The fraction of sp³-hybridized carbons (Fsp3) is 0.462. The quantitative estimate of drug-likeness (QED) is 0.762. The summed E-state index contributed by atoms with van der Waals surface area (Å²) in [6.45, 7) is 3.11. The van der Waals surface area contributed by atoms with E-state index >= 15 is 0 Å². The van der Waals surface area contributed by atoms with Crippen molar-refractivity contribution in [2.45, 2.75) is 32.6 Å². The highest BCUT2D eigenvalue weighted by atomic mass is 16.1. The lowest BCUT2D eigenvalue weighted by atomic mass is 10.0. The highest BCUT2D eigenvalue weighted by molar-refractivity contribution is 5.96. The third kappa shape index (κ3) is 2.20. The average Bonchev–Trinajstić information content (AvgIpc) is 2.72. The van der Waals surface area contributed by atoms with Gasteiger partial charge in [-0.1, -0.05) is 13.3 Å². The van der Waals surface area contributed by atoms with Crippen molar-refractivity contribution < 1.29 is 4.79 Å². The van der Waals surface area contributed by atoms with Gasteiger partial charge in [-0.05, 0) is 36.6 Å². The number of rotatable bonds is 4. The Kier molecular flexibility index (Phi) is 3.05. The van der Waals surface area contributed by atoms with Gasteiger partial charge in [-0.3, -0.25) is 4.79 Å². The molecule has 1 aliphatic heterocycles. The largest absolute Gasteiger partial charge is 0.384 e. The zero-order valence-electron chi connectivity index (χ0n) is 9.18. The molecule has 2 rings (SSSR count). The van der Waals surface area contributed by atoms with Gasteiger partial charge in [-0.15, -0.1) is 0 Å². The van der Waals surface area contributed by atoms with E-state index in [2.05, 4.69) is 12.2 Å². The van der Waals surface area contributed by atoms with Gasteiger partial charge in [0.05, 0.1) is 0 Å². The van der Waals surface area contributed by atoms with Crippen molar-refractivity contribution in [2.75, 3.05) is 11.9 Å². The first kappa shape index (κ1) is 10.2. The van der Waals surface area contributed by atoms with Gasteiger partial charge in [0, 0.05) is 24.2 Å². The van der Waals surface area contributed by atoms with E-state index in [9.17, 15) is 4.79 Å². The van der Waals surface area contributed by atoms with Gasteiger partial charge in [0.15, 0.2) is 5.78 Å². The Hall–Kier alpha value is -1.31. The third-order valence-electron chi connectivity index (χ3n) is 2.89. The number of nitrogens with one attached hydrogen (secondary N) is 1. The molecule has 0 saturated carbocycles. The number of hydrogen-bond donors (Lipinski definition) is 1. The molecule has 0 aromatic heterocycles. The van der Waals surface area contributed by atoms with Gasteiger partial charge in [0.1, 0.15) is 0 Å². The Bertz CT molecular complexity index is 371. The molecule has 1 N–H and O–H groups in total. The van der Waals surface area contributed by atoms with Crippen molar-refractivity contribution in [3.8, 4) is 0 Å². The number of unbranched alkanes of at least 4 members (excludes halogenated alkanes) is 1. The molecule has 1 aliphatic rings. The maximum Gasteiger partial charge on any atom is 0.162 e. The maximum absolute atomic E-state index is 11.8. The summed E-state index contributed by atoms with van der Waals surface area (Å²) in [5.74, 6) is 0.284. The minimum atomic E-state index is 0.284. The van der Waals surface area contributed by atoms with Gasteiger partial charge < -0.3 is 5.32 Å². The van der Waals surface area contributed by atoms with Crippen LogP contribution in [0.15, 0.2) is 18.2 Å². The molecule has 2 heteroatoms. The molecule has 1 aromatic rings. The molecule has 2 nitrogen and oxygen atoms in total. The van der Waals surface area contributed by atoms with Crippen LogP contribution in [0.2, 0.25) is 0 Å². The molecule has 0 atom stereocenters. The fourth-order valence-electron chi connectivity index (χ4n) is 1.96. The fourth-order valence-corrected chi connectivity index (χ4v) is 1.96. The second kappa shape index (κ2) is 4.47. The molecule has 80 valence electrons. The first-order valence-electron chi connectivity index (χ1n) is 5.71. The van der Waals surface area contributed by atoms with Crippen LogP contribution in [0.25, 0.3) is 0 Å². The van der Waals surface area contributed by atoms with E-state index in [0.29, 0.717) is 6.42 Å². The van der Waals surface area contributed by atoms with E-state index in [1.807, 2.05) is 18.2 Å². The van der Waals surface area contributed by atoms with E-state index in [4.69, 9.17) is 0 Å². The van der Waals surface area contributed by atoms with Crippen molar-refractivity contribution in [1.82, 2.24) is 0 Å². The molecular weight excluding hydrogens is 186 g/mol. The second-order valence-corrected chi connectivity index (χ2v) is 4.08. The number of anilines is 1. The summed E-state index contributed by atoms with van der Waals surface area (Å²) in [6, 6.07) is 6.02. The third-order valence-corrected chi connectivity index (χ3v) is 2.89. The maximum atomic E-state index is 11.8. The molecule has 15 heavy (non-hydrogen) atoms. The molecule has 1 aromatic carbocycles. The Labute approximate surface area is 90.7 Å². The average molecular weight is 203 g/mol. The molecule has 0 saturated heterocycles. The van der Waals surface area contributed by atoms with Crippen LogP contribution < -0.4 is 5.32 Å². The highest BCUT2D eigenvalue weighted by Gasteiger charge is 2.12. The zero-order valence-corrected chi connectivity index (χ0v) is 9.18. The van der Waals surface area contributed by atoms with Crippen LogP contribution in [0.1, 0.15) is 42.1 Å². The van der Waals surface area contributed by atoms with E-state index in [1.165, 1.54) is 11.3 Å². The van der Waals surface area contributed by atoms with Crippen molar-refractivity contribution in [2.24, 2.45) is 0 Å². The van der Waals surface area contributed by atoms with Crippen molar-refractivity contribution in [3.05, 3.63) is 29.3 Å². The molecule has 0 spiro atoms. The monoisotopic (exact) mass is 203 g/mol. The standard InChI is InChI=1S/C13H17NO/c1-2-3-4-13(15)11-5-6-12-10(9-11)7-8-14-12/h5-6,9,14H,2-4,7-8H2,1H3. The van der Waals surface area contributed by atoms with Gasteiger partial charge in [-0.2, -0.15) is 0 Å². The van der Waals surface area contributed by atoms with Crippen LogP contribution in [0.4, 0.5) is 5.69 Å².